The van der Waals surface area contributed by atoms with Crippen molar-refractivity contribution in [2.24, 2.45) is 0 Å². The number of pyridine rings is 1. The Morgan fingerprint density at radius 3 is 2.95 bits per heavy atom. The summed E-state index contributed by atoms with van der Waals surface area (Å²) >= 11 is 3.57. The SMILES string of the molecule is COc1nc(O[C@H]2CCc3c(Br)cccc32)ccc1C=O. The van der Waals surface area contributed by atoms with Crippen molar-refractivity contribution in [3.8, 4) is 11.8 Å². The van der Waals surface area contributed by atoms with Gasteiger partial charge in [0.15, 0.2) is 6.29 Å². The first kappa shape index (κ1) is 14.1. The van der Waals surface area contributed by atoms with Gasteiger partial charge in [0.25, 0.3) is 0 Å². The molecule has 0 saturated carbocycles. The van der Waals surface area contributed by atoms with Gasteiger partial charge >= 0.3 is 0 Å². The third-order valence-corrected chi connectivity index (χ3v) is 4.35. The Morgan fingerprint density at radius 1 is 1.33 bits per heavy atom. The largest absolute Gasteiger partial charge is 0.480 e. The summed E-state index contributed by atoms with van der Waals surface area (Å²) in [5.74, 6) is 0.755. The summed E-state index contributed by atoms with van der Waals surface area (Å²) in [6.45, 7) is 0. The molecule has 108 valence electrons. The van der Waals surface area contributed by atoms with Gasteiger partial charge in [-0.1, -0.05) is 28.1 Å². The van der Waals surface area contributed by atoms with Crippen molar-refractivity contribution in [1.82, 2.24) is 4.98 Å². The van der Waals surface area contributed by atoms with Crippen LogP contribution in [-0.2, 0) is 6.42 Å². The third-order valence-electron chi connectivity index (χ3n) is 3.61. The van der Waals surface area contributed by atoms with Crippen molar-refractivity contribution in [1.29, 1.82) is 0 Å². The number of rotatable bonds is 4. The predicted molar refractivity (Wildman–Crippen MR) is 82.0 cm³/mol. The van der Waals surface area contributed by atoms with E-state index in [0.717, 1.165) is 23.6 Å². The van der Waals surface area contributed by atoms with Gasteiger partial charge in [-0.05, 0) is 36.1 Å². The number of fused-ring (bicyclic) bond motifs is 1. The predicted octanol–water partition coefficient (Wildman–Crippen LogP) is 3.73. The maximum atomic E-state index is 10.9. The van der Waals surface area contributed by atoms with E-state index in [9.17, 15) is 4.79 Å². The maximum absolute atomic E-state index is 10.9. The lowest BCUT2D eigenvalue weighted by molar-refractivity contribution is 0.111. The van der Waals surface area contributed by atoms with E-state index >= 15 is 0 Å². The first-order chi connectivity index (χ1) is 10.2. The third kappa shape index (κ3) is 2.65. The van der Waals surface area contributed by atoms with Crippen LogP contribution >= 0.6 is 15.9 Å². The van der Waals surface area contributed by atoms with Crippen LogP contribution < -0.4 is 9.47 Å². The molecule has 0 radical (unpaired) electrons. The Hall–Kier alpha value is -1.88. The molecular formula is C16H14BrNO3. The minimum atomic E-state index is -0.0169. The van der Waals surface area contributed by atoms with E-state index in [1.807, 2.05) is 12.1 Å². The summed E-state index contributed by atoms with van der Waals surface area (Å²) in [5.41, 5.74) is 2.89. The molecule has 21 heavy (non-hydrogen) atoms. The number of halogens is 1. The highest BCUT2D eigenvalue weighted by Gasteiger charge is 2.26. The molecule has 0 spiro atoms. The molecule has 0 bridgehead atoms. The fraction of sp³-hybridized carbons (Fsp3) is 0.250. The number of hydrogen-bond acceptors (Lipinski definition) is 4. The monoisotopic (exact) mass is 347 g/mol. The van der Waals surface area contributed by atoms with Gasteiger partial charge < -0.3 is 9.47 Å². The van der Waals surface area contributed by atoms with Gasteiger partial charge in [-0.25, -0.2) is 0 Å². The molecule has 0 unspecified atom stereocenters. The number of hydrogen-bond donors (Lipinski definition) is 0. The molecule has 3 rings (SSSR count). The first-order valence-electron chi connectivity index (χ1n) is 6.67. The van der Waals surface area contributed by atoms with Crippen molar-refractivity contribution >= 4 is 22.2 Å². The average molecular weight is 348 g/mol. The van der Waals surface area contributed by atoms with Gasteiger partial charge in [0, 0.05) is 10.5 Å². The minimum absolute atomic E-state index is 0.0169. The smallest absolute Gasteiger partial charge is 0.227 e. The summed E-state index contributed by atoms with van der Waals surface area (Å²) in [6.07, 6.45) is 2.59. The summed E-state index contributed by atoms with van der Waals surface area (Å²) in [7, 11) is 1.49. The highest BCUT2D eigenvalue weighted by Crippen LogP contribution is 2.38. The summed E-state index contributed by atoms with van der Waals surface area (Å²) in [6, 6.07) is 9.48. The molecular weight excluding hydrogens is 334 g/mol. The fourth-order valence-electron chi connectivity index (χ4n) is 2.59. The van der Waals surface area contributed by atoms with Crippen LogP contribution in [0, 0.1) is 0 Å². The van der Waals surface area contributed by atoms with E-state index in [0.29, 0.717) is 11.4 Å². The molecule has 1 aromatic heterocycles. The van der Waals surface area contributed by atoms with Gasteiger partial charge in [0.2, 0.25) is 11.8 Å². The second-order valence-electron chi connectivity index (χ2n) is 4.82. The summed E-state index contributed by atoms with van der Waals surface area (Å²) < 4.78 is 12.2. The molecule has 1 aromatic carbocycles. The zero-order valence-corrected chi connectivity index (χ0v) is 13.1. The van der Waals surface area contributed by atoms with Crippen LogP contribution in [0.4, 0.5) is 0 Å². The van der Waals surface area contributed by atoms with Crippen LogP contribution in [0.2, 0.25) is 0 Å². The van der Waals surface area contributed by atoms with E-state index in [1.54, 1.807) is 12.1 Å². The molecule has 0 amide bonds. The zero-order valence-electron chi connectivity index (χ0n) is 11.5. The number of aromatic nitrogens is 1. The lowest BCUT2D eigenvalue weighted by atomic mass is 10.1. The highest BCUT2D eigenvalue weighted by molar-refractivity contribution is 9.10. The first-order valence-corrected chi connectivity index (χ1v) is 7.46. The summed E-state index contributed by atoms with van der Waals surface area (Å²) in [5, 5.41) is 0. The average Bonchev–Trinajstić information content (AvgIpc) is 2.92. The van der Waals surface area contributed by atoms with E-state index in [-0.39, 0.29) is 12.0 Å². The molecule has 0 fully saturated rings. The molecule has 1 heterocycles. The number of benzene rings is 1. The van der Waals surface area contributed by atoms with Gasteiger partial charge in [-0.15, -0.1) is 0 Å². The van der Waals surface area contributed by atoms with Crippen molar-refractivity contribution in [2.75, 3.05) is 7.11 Å². The Morgan fingerprint density at radius 2 is 2.19 bits per heavy atom. The number of aldehydes is 1. The van der Waals surface area contributed by atoms with Crippen LogP contribution in [0.1, 0.15) is 34.0 Å². The minimum Gasteiger partial charge on any atom is -0.480 e. The highest BCUT2D eigenvalue weighted by atomic mass is 79.9. The van der Waals surface area contributed by atoms with Gasteiger partial charge in [-0.3, -0.25) is 4.79 Å². The molecule has 0 N–H and O–H groups in total. The lowest BCUT2D eigenvalue weighted by Crippen LogP contribution is -2.06. The lowest BCUT2D eigenvalue weighted by Gasteiger charge is -2.15. The molecule has 1 atom stereocenters. The fourth-order valence-corrected chi connectivity index (χ4v) is 3.17. The van der Waals surface area contributed by atoms with Crippen LogP contribution in [0.25, 0.3) is 0 Å². The van der Waals surface area contributed by atoms with Crippen molar-refractivity contribution in [3.05, 3.63) is 51.5 Å². The molecule has 0 saturated heterocycles. The standard InChI is InChI=1S/C16H14BrNO3/c1-20-16-10(9-19)5-8-15(18-16)21-14-7-6-11-12(14)3-2-4-13(11)17/h2-5,8-9,14H,6-7H2,1H3/t14-/m0/s1. The van der Waals surface area contributed by atoms with Crippen LogP contribution in [0.15, 0.2) is 34.8 Å². The van der Waals surface area contributed by atoms with E-state index in [1.165, 1.54) is 18.2 Å². The molecule has 2 aromatic rings. The van der Waals surface area contributed by atoms with E-state index in [4.69, 9.17) is 9.47 Å². The molecule has 0 aliphatic heterocycles. The van der Waals surface area contributed by atoms with Crippen molar-refractivity contribution in [2.45, 2.75) is 18.9 Å². The van der Waals surface area contributed by atoms with Crippen molar-refractivity contribution in [3.63, 3.8) is 0 Å². The van der Waals surface area contributed by atoms with Gasteiger partial charge in [0.1, 0.15) is 6.10 Å². The van der Waals surface area contributed by atoms with E-state index < -0.39 is 0 Å². The van der Waals surface area contributed by atoms with E-state index in [2.05, 4.69) is 27.0 Å². The molecule has 1 aliphatic rings. The van der Waals surface area contributed by atoms with Gasteiger partial charge in [0.05, 0.1) is 12.7 Å². The number of carbonyl (C=O) groups excluding carboxylic acids is 1. The van der Waals surface area contributed by atoms with Crippen LogP contribution in [-0.4, -0.2) is 18.4 Å². The Labute approximate surface area is 131 Å². The topological polar surface area (TPSA) is 48.4 Å². The Bertz CT molecular complexity index is 687. The number of nitrogens with zero attached hydrogens (tertiary/aromatic N) is 1. The number of carbonyl (C=O) groups is 1. The van der Waals surface area contributed by atoms with Crippen LogP contribution in [0.3, 0.4) is 0 Å². The van der Waals surface area contributed by atoms with Crippen molar-refractivity contribution < 1.29 is 14.3 Å². The Balaban J connectivity index is 1.86. The van der Waals surface area contributed by atoms with Gasteiger partial charge in [-0.2, -0.15) is 4.98 Å². The summed E-state index contributed by atoms with van der Waals surface area (Å²) in [4.78, 5) is 15.1. The molecule has 1 aliphatic carbocycles. The molecule has 5 heteroatoms. The quantitative estimate of drug-likeness (QED) is 0.790. The second kappa shape index (κ2) is 5.85. The number of methoxy groups -OCH3 is 1. The number of ether oxygens (including phenoxy) is 2. The van der Waals surface area contributed by atoms with Crippen LogP contribution in [0.5, 0.6) is 11.8 Å². The second-order valence-corrected chi connectivity index (χ2v) is 5.67. The Kier molecular flexibility index (Phi) is 3.92. The normalized spacial score (nSPS) is 16.4. The zero-order chi connectivity index (χ0) is 14.8. The molecule has 4 nitrogen and oxygen atoms in total. The maximum Gasteiger partial charge on any atom is 0.227 e.